The SMILES string of the molecule is C=CC/C(O)=C(\C#N)C(=S)Nc1ccc(F)c(F)c1. The molecule has 1 rings (SSSR count). The zero-order valence-corrected chi connectivity index (χ0v) is 10.6. The lowest BCUT2D eigenvalue weighted by atomic mass is 10.2. The monoisotopic (exact) mass is 280 g/mol. The minimum atomic E-state index is -1.04. The Morgan fingerprint density at radius 3 is 2.68 bits per heavy atom. The van der Waals surface area contributed by atoms with Crippen LogP contribution in [-0.4, -0.2) is 10.1 Å². The van der Waals surface area contributed by atoms with Gasteiger partial charge in [0.1, 0.15) is 22.4 Å². The van der Waals surface area contributed by atoms with E-state index in [2.05, 4.69) is 11.9 Å². The summed E-state index contributed by atoms with van der Waals surface area (Å²) in [6.45, 7) is 3.42. The lowest BCUT2D eigenvalue weighted by Gasteiger charge is -2.08. The summed E-state index contributed by atoms with van der Waals surface area (Å²) in [5.74, 6) is -2.26. The van der Waals surface area contributed by atoms with E-state index in [1.54, 1.807) is 6.07 Å². The van der Waals surface area contributed by atoms with Gasteiger partial charge in [-0.15, -0.1) is 6.58 Å². The van der Waals surface area contributed by atoms with Gasteiger partial charge in [0.05, 0.1) is 0 Å². The second kappa shape index (κ2) is 6.61. The summed E-state index contributed by atoms with van der Waals surface area (Å²) in [6.07, 6.45) is 1.50. The van der Waals surface area contributed by atoms with E-state index in [1.165, 1.54) is 12.1 Å². The number of hydrogen-bond acceptors (Lipinski definition) is 3. The highest BCUT2D eigenvalue weighted by Gasteiger charge is 2.11. The molecular weight excluding hydrogens is 270 g/mol. The third-order valence-electron chi connectivity index (χ3n) is 2.14. The molecule has 0 unspecified atom stereocenters. The molecule has 0 aromatic heterocycles. The molecule has 0 aliphatic rings. The number of aliphatic hydroxyl groups excluding tert-OH is 1. The van der Waals surface area contributed by atoms with E-state index in [4.69, 9.17) is 17.5 Å². The second-order valence-corrected chi connectivity index (χ2v) is 3.92. The number of nitriles is 1. The van der Waals surface area contributed by atoms with Crippen molar-refractivity contribution < 1.29 is 13.9 Å². The highest BCUT2D eigenvalue weighted by Crippen LogP contribution is 2.16. The van der Waals surface area contributed by atoms with Crippen molar-refractivity contribution in [2.24, 2.45) is 0 Å². The van der Waals surface area contributed by atoms with Crippen LogP contribution in [-0.2, 0) is 0 Å². The molecule has 0 amide bonds. The smallest absolute Gasteiger partial charge is 0.160 e. The van der Waals surface area contributed by atoms with Gasteiger partial charge in [0, 0.05) is 18.2 Å². The number of thiocarbonyl (C=S) groups is 1. The van der Waals surface area contributed by atoms with Gasteiger partial charge in [0.2, 0.25) is 0 Å². The summed E-state index contributed by atoms with van der Waals surface area (Å²) in [7, 11) is 0. The van der Waals surface area contributed by atoms with Crippen molar-refractivity contribution >= 4 is 22.9 Å². The van der Waals surface area contributed by atoms with Crippen LogP contribution in [0.3, 0.4) is 0 Å². The molecule has 1 aromatic carbocycles. The number of anilines is 1. The van der Waals surface area contributed by atoms with E-state index in [9.17, 15) is 13.9 Å². The molecule has 0 bridgehead atoms. The van der Waals surface area contributed by atoms with Crippen LogP contribution in [0.2, 0.25) is 0 Å². The molecule has 98 valence electrons. The molecule has 0 aliphatic carbocycles. The predicted molar refractivity (Wildman–Crippen MR) is 72.7 cm³/mol. The average molecular weight is 280 g/mol. The van der Waals surface area contributed by atoms with E-state index in [1.807, 2.05) is 0 Å². The van der Waals surface area contributed by atoms with Crippen LogP contribution in [0.1, 0.15) is 6.42 Å². The lowest BCUT2D eigenvalue weighted by Crippen LogP contribution is -2.13. The number of nitrogens with zero attached hydrogens (tertiary/aromatic N) is 1. The quantitative estimate of drug-likeness (QED) is 0.291. The molecule has 0 atom stereocenters. The molecule has 0 aliphatic heterocycles. The van der Waals surface area contributed by atoms with Crippen molar-refractivity contribution in [1.82, 2.24) is 0 Å². The molecular formula is C13H10F2N2OS. The van der Waals surface area contributed by atoms with E-state index >= 15 is 0 Å². The van der Waals surface area contributed by atoms with Gasteiger partial charge < -0.3 is 10.4 Å². The Bertz CT molecular complexity index is 591. The van der Waals surface area contributed by atoms with Crippen LogP contribution in [0.5, 0.6) is 0 Å². The number of hydrogen-bond donors (Lipinski definition) is 2. The first kappa shape index (κ1) is 14.8. The maximum atomic E-state index is 13.0. The topological polar surface area (TPSA) is 56.0 Å². The maximum Gasteiger partial charge on any atom is 0.160 e. The average Bonchev–Trinajstić information content (AvgIpc) is 2.35. The molecule has 0 heterocycles. The Kier molecular flexibility index (Phi) is 5.15. The summed E-state index contributed by atoms with van der Waals surface area (Å²) < 4.78 is 25.7. The molecule has 0 radical (unpaired) electrons. The van der Waals surface area contributed by atoms with Gasteiger partial charge in [-0.3, -0.25) is 0 Å². The second-order valence-electron chi connectivity index (χ2n) is 3.51. The Hall–Kier alpha value is -2.26. The molecule has 19 heavy (non-hydrogen) atoms. The van der Waals surface area contributed by atoms with Crippen molar-refractivity contribution in [3.63, 3.8) is 0 Å². The highest BCUT2D eigenvalue weighted by molar-refractivity contribution is 7.81. The Labute approximate surface area is 114 Å². The fraction of sp³-hybridized carbons (Fsp3) is 0.0769. The first-order valence-corrected chi connectivity index (χ1v) is 5.60. The first-order valence-electron chi connectivity index (χ1n) is 5.19. The number of nitrogens with one attached hydrogen (secondary N) is 1. The molecule has 3 nitrogen and oxygen atoms in total. The van der Waals surface area contributed by atoms with Crippen LogP contribution in [0.4, 0.5) is 14.5 Å². The van der Waals surface area contributed by atoms with Gasteiger partial charge in [0.25, 0.3) is 0 Å². The predicted octanol–water partition coefficient (Wildman–Crippen LogP) is 3.62. The standard InChI is InChI=1S/C13H10F2N2OS/c1-2-3-12(18)9(7-16)13(19)17-8-4-5-10(14)11(15)6-8/h2,4-6,18H,1,3H2,(H,17,19)/b12-9-. The summed E-state index contributed by atoms with van der Waals surface area (Å²) >= 11 is 4.92. The third-order valence-corrected chi connectivity index (χ3v) is 2.45. The van der Waals surface area contributed by atoms with Crippen LogP contribution in [0.15, 0.2) is 42.2 Å². The molecule has 0 spiro atoms. The molecule has 2 N–H and O–H groups in total. The summed E-state index contributed by atoms with van der Waals surface area (Å²) in [6, 6.07) is 4.85. The third kappa shape index (κ3) is 3.86. The van der Waals surface area contributed by atoms with Crippen LogP contribution in [0.25, 0.3) is 0 Å². The van der Waals surface area contributed by atoms with Crippen molar-refractivity contribution in [3.8, 4) is 6.07 Å². The summed E-state index contributed by atoms with van der Waals surface area (Å²) in [5.41, 5.74) is 0.0442. The Balaban J connectivity index is 2.95. The van der Waals surface area contributed by atoms with E-state index in [0.29, 0.717) is 0 Å². The Morgan fingerprint density at radius 2 is 2.16 bits per heavy atom. The fourth-order valence-electron chi connectivity index (χ4n) is 1.25. The van der Waals surface area contributed by atoms with Crippen molar-refractivity contribution in [3.05, 3.63) is 53.8 Å². The van der Waals surface area contributed by atoms with Gasteiger partial charge in [-0.1, -0.05) is 18.3 Å². The zero-order chi connectivity index (χ0) is 14.4. The number of rotatable bonds is 4. The van der Waals surface area contributed by atoms with Crippen molar-refractivity contribution in [1.29, 1.82) is 5.26 Å². The lowest BCUT2D eigenvalue weighted by molar-refractivity contribution is 0.399. The van der Waals surface area contributed by atoms with Crippen LogP contribution >= 0.6 is 12.2 Å². The van der Waals surface area contributed by atoms with Gasteiger partial charge in [-0.25, -0.2) is 8.78 Å². The van der Waals surface area contributed by atoms with Crippen molar-refractivity contribution in [2.75, 3.05) is 5.32 Å². The molecule has 0 fully saturated rings. The van der Waals surface area contributed by atoms with E-state index < -0.39 is 11.6 Å². The minimum absolute atomic E-state index is 0.0761. The number of allylic oxidation sites excluding steroid dienone is 1. The zero-order valence-electron chi connectivity index (χ0n) is 9.78. The molecule has 0 saturated heterocycles. The van der Waals surface area contributed by atoms with Crippen molar-refractivity contribution in [2.45, 2.75) is 6.42 Å². The summed E-state index contributed by atoms with van der Waals surface area (Å²) in [5, 5.41) is 21.0. The number of halogens is 2. The minimum Gasteiger partial charge on any atom is -0.510 e. The fourth-order valence-corrected chi connectivity index (χ4v) is 1.53. The van der Waals surface area contributed by atoms with Gasteiger partial charge in [0.15, 0.2) is 11.6 Å². The number of aliphatic hydroxyl groups is 1. The van der Waals surface area contributed by atoms with Crippen LogP contribution in [0, 0.1) is 23.0 Å². The highest BCUT2D eigenvalue weighted by atomic mass is 32.1. The van der Waals surface area contributed by atoms with Gasteiger partial charge in [-0.2, -0.15) is 5.26 Å². The van der Waals surface area contributed by atoms with Crippen LogP contribution < -0.4 is 5.32 Å². The normalized spacial score (nSPS) is 11.2. The van der Waals surface area contributed by atoms with E-state index in [0.717, 1.165) is 12.1 Å². The largest absolute Gasteiger partial charge is 0.510 e. The first-order chi connectivity index (χ1) is 8.99. The van der Waals surface area contributed by atoms with E-state index in [-0.39, 0.29) is 28.4 Å². The maximum absolute atomic E-state index is 13.0. The molecule has 0 saturated carbocycles. The molecule has 1 aromatic rings. The van der Waals surface area contributed by atoms with Gasteiger partial charge in [-0.05, 0) is 12.1 Å². The van der Waals surface area contributed by atoms with Gasteiger partial charge >= 0.3 is 0 Å². The molecule has 6 heteroatoms. The summed E-state index contributed by atoms with van der Waals surface area (Å²) in [4.78, 5) is -0.0761. The number of benzene rings is 1. The Morgan fingerprint density at radius 1 is 1.47 bits per heavy atom.